The Morgan fingerprint density at radius 3 is 2.17 bits per heavy atom. The monoisotopic (exact) mass is 495 g/mol. The number of nitrogens with zero attached hydrogens (tertiary/aromatic N) is 2. The molecule has 2 amide bonds. The minimum absolute atomic E-state index is 0.0894. The summed E-state index contributed by atoms with van der Waals surface area (Å²) >= 11 is 0. The third kappa shape index (κ3) is 6.60. The summed E-state index contributed by atoms with van der Waals surface area (Å²) in [5.41, 5.74) is 1.28. The lowest BCUT2D eigenvalue weighted by atomic mass is 10.1. The van der Waals surface area contributed by atoms with Gasteiger partial charge in [0.1, 0.15) is 12.6 Å². The van der Waals surface area contributed by atoms with Crippen LogP contribution >= 0.6 is 0 Å². The molecule has 0 spiro atoms. The van der Waals surface area contributed by atoms with Crippen LogP contribution in [0.15, 0.2) is 72.8 Å². The van der Waals surface area contributed by atoms with Gasteiger partial charge in [-0.3, -0.25) is 13.9 Å². The van der Waals surface area contributed by atoms with Gasteiger partial charge < -0.3 is 10.2 Å². The van der Waals surface area contributed by atoms with E-state index in [0.29, 0.717) is 12.1 Å². The Morgan fingerprint density at radius 2 is 1.54 bits per heavy atom. The number of benzene rings is 3. The molecule has 186 valence electrons. The van der Waals surface area contributed by atoms with Gasteiger partial charge in [-0.2, -0.15) is 0 Å². The summed E-state index contributed by atoms with van der Waals surface area (Å²) in [6.45, 7) is 5.34. The minimum atomic E-state index is -3.80. The van der Waals surface area contributed by atoms with E-state index < -0.39 is 28.5 Å². The van der Waals surface area contributed by atoms with Gasteiger partial charge in [0.2, 0.25) is 21.8 Å². The van der Waals surface area contributed by atoms with E-state index >= 15 is 0 Å². The Labute approximate surface area is 207 Å². The van der Waals surface area contributed by atoms with Crippen LogP contribution in [0, 0.1) is 0 Å². The average molecular weight is 496 g/mol. The first-order chi connectivity index (χ1) is 16.6. The number of nitrogens with one attached hydrogen (secondary N) is 1. The molecule has 1 unspecified atom stereocenters. The van der Waals surface area contributed by atoms with Crippen molar-refractivity contribution in [1.29, 1.82) is 0 Å². The van der Waals surface area contributed by atoms with Gasteiger partial charge in [-0.25, -0.2) is 8.42 Å². The summed E-state index contributed by atoms with van der Waals surface area (Å²) in [5.74, 6) is -0.708. The summed E-state index contributed by atoms with van der Waals surface area (Å²) in [6, 6.07) is 21.3. The lowest BCUT2D eigenvalue weighted by molar-refractivity contribution is -0.140. The number of carbonyl (C=O) groups excluding carboxylic acids is 2. The summed E-state index contributed by atoms with van der Waals surface area (Å²) < 4.78 is 26.9. The number of hydrogen-bond donors (Lipinski definition) is 1. The van der Waals surface area contributed by atoms with Crippen molar-refractivity contribution < 1.29 is 18.0 Å². The van der Waals surface area contributed by atoms with Crippen molar-refractivity contribution in [2.75, 3.05) is 17.1 Å². The Kier molecular flexibility index (Phi) is 8.51. The van der Waals surface area contributed by atoms with Crippen LogP contribution in [0.4, 0.5) is 5.69 Å². The molecule has 0 saturated carbocycles. The third-order valence-electron chi connectivity index (χ3n) is 5.73. The zero-order valence-electron chi connectivity index (χ0n) is 20.6. The van der Waals surface area contributed by atoms with E-state index in [0.717, 1.165) is 26.9 Å². The number of fused-ring (bicyclic) bond motifs is 1. The number of anilines is 1. The number of sulfonamides is 1. The van der Waals surface area contributed by atoms with Crippen molar-refractivity contribution in [3.8, 4) is 0 Å². The number of rotatable bonds is 10. The molecule has 35 heavy (non-hydrogen) atoms. The van der Waals surface area contributed by atoms with E-state index in [4.69, 9.17) is 0 Å². The first kappa shape index (κ1) is 26.2. The zero-order chi connectivity index (χ0) is 25.6. The highest BCUT2D eigenvalue weighted by atomic mass is 32.2. The van der Waals surface area contributed by atoms with E-state index in [1.807, 2.05) is 81.4 Å². The largest absolute Gasteiger partial charge is 0.352 e. The highest BCUT2D eigenvalue weighted by Gasteiger charge is 2.32. The second kappa shape index (κ2) is 11.4. The lowest BCUT2D eigenvalue weighted by Gasteiger charge is -2.33. The average Bonchev–Trinajstić information content (AvgIpc) is 2.81. The van der Waals surface area contributed by atoms with Gasteiger partial charge in [0.05, 0.1) is 11.9 Å². The number of hydrogen-bond acceptors (Lipinski definition) is 4. The molecule has 3 aromatic carbocycles. The maximum Gasteiger partial charge on any atom is 0.244 e. The molecule has 0 heterocycles. The SMILES string of the molecule is CCC(C(=O)NC(C)C)N(Cc1ccccc1)C(=O)CN(c1cccc2ccccc12)S(C)(=O)=O. The fourth-order valence-electron chi connectivity index (χ4n) is 4.10. The second-order valence-corrected chi connectivity index (χ2v) is 10.8. The highest BCUT2D eigenvalue weighted by Crippen LogP contribution is 2.28. The smallest absolute Gasteiger partial charge is 0.244 e. The van der Waals surface area contributed by atoms with Crippen molar-refractivity contribution in [2.24, 2.45) is 0 Å². The van der Waals surface area contributed by atoms with Crippen molar-refractivity contribution in [3.05, 3.63) is 78.4 Å². The molecule has 0 radical (unpaired) electrons. The quantitative estimate of drug-likeness (QED) is 0.462. The van der Waals surface area contributed by atoms with E-state index in [1.165, 1.54) is 4.90 Å². The summed E-state index contributed by atoms with van der Waals surface area (Å²) in [4.78, 5) is 28.2. The van der Waals surface area contributed by atoms with Gasteiger partial charge in [0, 0.05) is 18.0 Å². The summed E-state index contributed by atoms with van der Waals surface area (Å²) in [5, 5.41) is 4.49. The summed E-state index contributed by atoms with van der Waals surface area (Å²) in [7, 11) is -3.80. The van der Waals surface area contributed by atoms with E-state index in [9.17, 15) is 18.0 Å². The van der Waals surface area contributed by atoms with Crippen LogP contribution in [0.25, 0.3) is 10.8 Å². The molecule has 0 aliphatic carbocycles. The normalized spacial score (nSPS) is 12.4. The van der Waals surface area contributed by atoms with Crippen LogP contribution in [0.5, 0.6) is 0 Å². The molecule has 3 rings (SSSR count). The molecular weight excluding hydrogens is 462 g/mol. The van der Waals surface area contributed by atoms with Crippen LogP contribution in [-0.4, -0.2) is 50.0 Å². The van der Waals surface area contributed by atoms with E-state index in [-0.39, 0.29) is 18.5 Å². The van der Waals surface area contributed by atoms with Gasteiger partial charge in [-0.05, 0) is 37.3 Å². The molecule has 1 atom stereocenters. The van der Waals surface area contributed by atoms with Gasteiger partial charge in [-0.1, -0.05) is 73.7 Å². The molecule has 0 aliphatic rings. The maximum atomic E-state index is 13.7. The minimum Gasteiger partial charge on any atom is -0.352 e. The van der Waals surface area contributed by atoms with Crippen molar-refractivity contribution in [2.45, 2.75) is 45.8 Å². The van der Waals surface area contributed by atoms with Crippen LogP contribution < -0.4 is 9.62 Å². The topological polar surface area (TPSA) is 86.8 Å². The first-order valence-electron chi connectivity index (χ1n) is 11.7. The van der Waals surface area contributed by atoms with Gasteiger partial charge in [0.15, 0.2) is 0 Å². The molecule has 0 bridgehead atoms. The van der Waals surface area contributed by atoms with E-state index in [1.54, 1.807) is 12.1 Å². The number of amides is 2. The predicted molar refractivity (Wildman–Crippen MR) is 140 cm³/mol. The van der Waals surface area contributed by atoms with Crippen molar-refractivity contribution >= 4 is 38.3 Å². The third-order valence-corrected chi connectivity index (χ3v) is 6.85. The van der Waals surface area contributed by atoms with E-state index in [2.05, 4.69) is 5.32 Å². The molecule has 8 heteroatoms. The molecule has 3 aromatic rings. The highest BCUT2D eigenvalue weighted by molar-refractivity contribution is 7.92. The molecular formula is C27H33N3O4S. The van der Waals surface area contributed by atoms with Gasteiger partial charge in [0.25, 0.3) is 0 Å². The molecule has 1 N–H and O–H groups in total. The lowest BCUT2D eigenvalue weighted by Crippen LogP contribution is -2.53. The van der Waals surface area contributed by atoms with Crippen LogP contribution in [0.3, 0.4) is 0 Å². The first-order valence-corrected chi connectivity index (χ1v) is 13.6. The molecule has 0 saturated heterocycles. The molecule has 0 aliphatic heterocycles. The fraction of sp³-hybridized carbons (Fsp3) is 0.333. The van der Waals surface area contributed by atoms with Crippen LogP contribution in [0.2, 0.25) is 0 Å². The Balaban J connectivity index is 2.01. The van der Waals surface area contributed by atoms with Gasteiger partial charge >= 0.3 is 0 Å². The summed E-state index contributed by atoms with van der Waals surface area (Å²) in [6.07, 6.45) is 1.48. The number of carbonyl (C=O) groups is 2. The Morgan fingerprint density at radius 1 is 0.914 bits per heavy atom. The van der Waals surface area contributed by atoms with Crippen molar-refractivity contribution in [3.63, 3.8) is 0 Å². The molecule has 0 fully saturated rings. The Bertz CT molecular complexity index is 1270. The van der Waals surface area contributed by atoms with Crippen LogP contribution in [0.1, 0.15) is 32.8 Å². The predicted octanol–water partition coefficient (Wildman–Crippen LogP) is 3.94. The maximum absolute atomic E-state index is 13.7. The molecule has 7 nitrogen and oxygen atoms in total. The second-order valence-electron chi connectivity index (χ2n) is 8.86. The van der Waals surface area contributed by atoms with Crippen LogP contribution in [-0.2, 0) is 26.2 Å². The standard InChI is InChI=1S/C27H33N3O4S/c1-5-24(27(32)28-20(2)3)29(18-21-12-7-6-8-13-21)26(31)19-30(35(4,33)34)25-17-11-15-22-14-9-10-16-23(22)25/h6-17,20,24H,5,18-19H2,1-4H3,(H,28,32). The Hall–Kier alpha value is -3.39. The zero-order valence-corrected chi connectivity index (χ0v) is 21.5. The fourth-order valence-corrected chi connectivity index (χ4v) is 4.96. The molecule has 0 aromatic heterocycles. The van der Waals surface area contributed by atoms with Crippen molar-refractivity contribution in [1.82, 2.24) is 10.2 Å². The van der Waals surface area contributed by atoms with Gasteiger partial charge in [-0.15, -0.1) is 0 Å².